The highest BCUT2D eigenvalue weighted by Gasteiger charge is 2.03. The molecule has 0 aliphatic carbocycles. The first-order chi connectivity index (χ1) is 4.77. The Balaban J connectivity index is 2.90. The van der Waals surface area contributed by atoms with Crippen molar-refractivity contribution in [1.29, 1.82) is 0 Å². The molecule has 2 aromatic rings. The van der Waals surface area contributed by atoms with Crippen LogP contribution in [0.4, 0.5) is 0 Å². The Morgan fingerprint density at radius 1 is 1.70 bits per heavy atom. The second-order valence-corrected chi connectivity index (χ2v) is 4.18. The highest BCUT2D eigenvalue weighted by atomic mass is 79.9. The molecule has 0 aliphatic heterocycles. The zero-order valence-electron chi connectivity index (χ0n) is 5.21. The molecule has 0 saturated heterocycles. The molecule has 0 radical (unpaired) electrons. The maximum Gasteiger partial charge on any atom is 0.161 e. The lowest BCUT2D eigenvalue weighted by atomic mass is 10.6. The first-order valence-corrected chi connectivity index (χ1v) is 4.32. The zero-order chi connectivity index (χ0) is 7.14. The van der Waals surface area contributed by atoms with Gasteiger partial charge in [-0.25, -0.2) is 4.98 Å². The van der Waals surface area contributed by atoms with Gasteiger partial charge in [0.2, 0.25) is 0 Å². The van der Waals surface area contributed by atoms with Crippen LogP contribution in [0.5, 0.6) is 0 Å². The smallest absolute Gasteiger partial charge is 0.161 e. The van der Waals surface area contributed by atoms with Crippen LogP contribution >= 0.6 is 27.3 Å². The van der Waals surface area contributed by atoms with Crippen LogP contribution in [0.1, 0.15) is 0 Å². The summed E-state index contributed by atoms with van der Waals surface area (Å²) in [5.41, 5.74) is 0.958. The van der Waals surface area contributed by atoms with Gasteiger partial charge < -0.3 is 0 Å². The Bertz CT molecular complexity index is 364. The summed E-state index contributed by atoms with van der Waals surface area (Å²) in [7, 11) is 1.91. The summed E-state index contributed by atoms with van der Waals surface area (Å²) in [6.45, 7) is 0. The van der Waals surface area contributed by atoms with Crippen molar-refractivity contribution < 1.29 is 0 Å². The molecule has 0 bridgehead atoms. The minimum absolute atomic E-state index is 0.913. The van der Waals surface area contributed by atoms with Gasteiger partial charge in [-0.15, -0.1) is 0 Å². The van der Waals surface area contributed by atoms with Crippen LogP contribution in [0.15, 0.2) is 10.1 Å². The van der Waals surface area contributed by atoms with Crippen LogP contribution in [-0.4, -0.2) is 14.8 Å². The summed E-state index contributed by atoms with van der Waals surface area (Å²) in [6, 6.07) is 0. The summed E-state index contributed by atoms with van der Waals surface area (Å²) in [6.07, 6.45) is 1.76. The molecule has 52 valence electrons. The topological polar surface area (TPSA) is 30.7 Å². The summed E-state index contributed by atoms with van der Waals surface area (Å²) in [5, 5.41) is 4.04. The first kappa shape index (κ1) is 6.30. The predicted octanol–water partition coefficient (Wildman–Crippen LogP) is 1.79. The lowest BCUT2D eigenvalue weighted by Crippen LogP contribution is -1.85. The van der Waals surface area contributed by atoms with Crippen molar-refractivity contribution in [1.82, 2.24) is 14.8 Å². The van der Waals surface area contributed by atoms with E-state index in [4.69, 9.17) is 0 Å². The lowest BCUT2D eigenvalue weighted by Gasteiger charge is -1.83. The van der Waals surface area contributed by atoms with Gasteiger partial charge in [-0.2, -0.15) is 5.10 Å². The van der Waals surface area contributed by atoms with E-state index in [-0.39, 0.29) is 0 Å². The van der Waals surface area contributed by atoms with Gasteiger partial charge in [0, 0.05) is 7.05 Å². The number of hydrogen-bond acceptors (Lipinski definition) is 3. The van der Waals surface area contributed by atoms with E-state index in [2.05, 4.69) is 26.0 Å². The van der Waals surface area contributed by atoms with E-state index >= 15 is 0 Å². The molecule has 2 rings (SSSR count). The van der Waals surface area contributed by atoms with Gasteiger partial charge in [0.1, 0.15) is 10.3 Å². The Labute approximate surface area is 69.8 Å². The number of aromatic nitrogens is 3. The molecule has 0 N–H and O–H groups in total. The van der Waals surface area contributed by atoms with Crippen LogP contribution in [0.2, 0.25) is 0 Å². The van der Waals surface area contributed by atoms with Gasteiger partial charge in [-0.05, 0) is 15.9 Å². The summed E-state index contributed by atoms with van der Waals surface area (Å²) in [5.74, 6) is 0. The van der Waals surface area contributed by atoms with Crippen molar-refractivity contribution in [3.8, 4) is 0 Å². The van der Waals surface area contributed by atoms with Crippen molar-refractivity contribution >= 4 is 37.6 Å². The highest BCUT2D eigenvalue weighted by molar-refractivity contribution is 9.11. The third-order valence-corrected chi connectivity index (χ3v) is 2.84. The molecule has 0 spiro atoms. The maximum atomic E-state index is 4.19. The molecule has 2 heterocycles. The second kappa shape index (κ2) is 2.03. The van der Waals surface area contributed by atoms with Crippen LogP contribution in [-0.2, 0) is 7.05 Å². The highest BCUT2D eigenvalue weighted by Crippen LogP contribution is 2.24. The van der Waals surface area contributed by atoms with Crippen molar-refractivity contribution in [2.45, 2.75) is 0 Å². The second-order valence-electron chi connectivity index (χ2n) is 1.93. The Morgan fingerprint density at radius 2 is 2.50 bits per heavy atom. The average molecular weight is 218 g/mol. The first-order valence-electron chi connectivity index (χ1n) is 2.71. The number of hydrogen-bond donors (Lipinski definition) is 0. The Morgan fingerprint density at radius 3 is 3.20 bits per heavy atom. The minimum Gasteiger partial charge on any atom is -0.256 e. The molecule has 10 heavy (non-hydrogen) atoms. The fraction of sp³-hybridized carbons (Fsp3) is 0.200. The van der Waals surface area contributed by atoms with Gasteiger partial charge in [-0.3, -0.25) is 4.68 Å². The van der Waals surface area contributed by atoms with E-state index in [0.717, 1.165) is 14.3 Å². The largest absolute Gasteiger partial charge is 0.256 e. The Hall–Kier alpha value is -0.420. The molecule has 2 aromatic heterocycles. The van der Waals surface area contributed by atoms with Crippen LogP contribution in [0.3, 0.4) is 0 Å². The average Bonchev–Trinajstić information content (AvgIpc) is 2.35. The third-order valence-electron chi connectivity index (χ3n) is 1.26. The minimum atomic E-state index is 0.913. The molecule has 5 heteroatoms. The molecule has 0 saturated carbocycles. The maximum absolute atomic E-state index is 4.19. The number of aryl methyl sites for hydroxylation is 1. The van der Waals surface area contributed by atoms with Crippen molar-refractivity contribution in [3.63, 3.8) is 0 Å². The van der Waals surface area contributed by atoms with E-state index in [0.29, 0.717) is 0 Å². The number of thiazole rings is 1. The molecule has 0 atom stereocenters. The number of rotatable bonds is 0. The molecular formula is C5H4BrN3S. The van der Waals surface area contributed by atoms with Crippen LogP contribution < -0.4 is 0 Å². The van der Waals surface area contributed by atoms with E-state index in [1.54, 1.807) is 17.5 Å². The summed E-state index contributed by atoms with van der Waals surface area (Å²) >= 11 is 4.90. The molecule has 0 fully saturated rings. The fourth-order valence-electron chi connectivity index (χ4n) is 0.807. The van der Waals surface area contributed by atoms with Gasteiger partial charge in [0.15, 0.2) is 3.92 Å². The van der Waals surface area contributed by atoms with E-state index in [1.807, 2.05) is 11.7 Å². The molecular weight excluding hydrogens is 214 g/mol. The SMILES string of the molecule is Cn1ncc2nc(Br)sc21. The molecule has 3 nitrogen and oxygen atoms in total. The van der Waals surface area contributed by atoms with Crippen molar-refractivity contribution in [2.24, 2.45) is 7.05 Å². The monoisotopic (exact) mass is 217 g/mol. The predicted molar refractivity (Wildman–Crippen MR) is 44.1 cm³/mol. The standard InChI is InChI=1S/C5H4BrN3S/c1-9-4-3(2-7-9)8-5(6)10-4/h2H,1H3. The molecule has 0 unspecified atom stereocenters. The lowest BCUT2D eigenvalue weighted by molar-refractivity contribution is 0.802. The normalized spacial score (nSPS) is 11.0. The van der Waals surface area contributed by atoms with Crippen molar-refractivity contribution in [3.05, 3.63) is 10.1 Å². The van der Waals surface area contributed by atoms with Gasteiger partial charge in [-0.1, -0.05) is 11.3 Å². The van der Waals surface area contributed by atoms with Crippen LogP contribution in [0.25, 0.3) is 10.3 Å². The molecule has 0 aliphatic rings. The third kappa shape index (κ3) is 0.775. The molecule has 0 amide bonds. The van der Waals surface area contributed by atoms with Gasteiger partial charge in [0.05, 0.1) is 6.20 Å². The van der Waals surface area contributed by atoms with Crippen LogP contribution in [0, 0.1) is 0 Å². The summed E-state index contributed by atoms with van der Waals surface area (Å²) in [4.78, 5) is 5.29. The quantitative estimate of drug-likeness (QED) is 0.674. The van der Waals surface area contributed by atoms with E-state index in [9.17, 15) is 0 Å². The van der Waals surface area contributed by atoms with Crippen molar-refractivity contribution in [2.75, 3.05) is 0 Å². The Kier molecular flexibility index (Phi) is 1.28. The number of fused-ring (bicyclic) bond motifs is 1. The summed E-state index contributed by atoms with van der Waals surface area (Å²) < 4.78 is 2.73. The van der Waals surface area contributed by atoms with Gasteiger partial charge >= 0.3 is 0 Å². The molecule has 0 aromatic carbocycles. The number of halogens is 1. The van der Waals surface area contributed by atoms with E-state index in [1.165, 1.54) is 0 Å². The zero-order valence-corrected chi connectivity index (χ0v) is 7.61. The number of nitrogens with zero attached hydrogens (tertiary/aromatic N) is 3. The fourth-order valence-corrected chi connectivity index (χ4v) is 2.14. The van der Waals surface area contributed by atoms with E-state index < -0.39 is 0 Å². The van der Waals surface area contributed by atoms with Gasteiger partial charge in [0.25, 0.3) is 0 Å².